The average molecular weight is 509 g/mol. The largest absolute Gasteiger partial charge is 0.358 e. The Kier molecular flexibility index (Phi) is 11.8. The fourth-order valence-corrected chi connectivity index (χ4v) is 5.58. The van der Waals surface area contributed by atoms with Crippen molar-refractivity contribution in [2.75, 3.05) is 0 Å². The smallest absolute Gasteiger partial charge is 0.0464 e. The second-order valence-electron chi connectivity index (χ2n) is 10.9. The van der Waals surface area contributed by atoms with E-state index in [9.17, 15) is 0 Å². The third kappa shape index (κ3) is 8.79. The van der Waals surface area contributed by atoms with E-state index in [1.54, 1.807) is 0 Å². The van der Waals surface area contributed by atoms with Gasteiger partial charge >= 0.3 is 0 Å². The van der Waals surface area contributed by atoms with Crippen LogP contribution in [0, 0.1) is 0 Å². The van der Waals surface area contributed by atoms with Crippen LogP contribution in [0.2, 0.25) is 0 Å². The number of rotatable bonds is 15. The van der Waals surface area contributed by atoms with Gasteiger partial charge < -0.3 is 9.97 Å². The molecule has 0 atom stereocenters. The molecule has 0 aliphatic carbocycles. The summed E-state index contributed by atoms with van der Waals surface area (Å²) < 4.78 is 0. The average Bonchev–Trinajstić information content (AvgIpc) is 3.54. The first-order valence-electron chi connectivity index (χ1n) is 15.4. The molecule has 2 aromatic heterocycles. The number of nitrogens with one attached hydrogen (secondary N) is 2. The Bertz CT molecular complexity index is 1240. The molecular weight excluding hydrogens is 460 g/mol. The van der Waals surface area contributed by atoms with Gasteiger partial charge in [0.1, 0.15) is 0 Å². The van der Waals surface area contributed by atoms with Crippen LogP contribution in [0.3, 0.4) is 0 Å². The van der Waals surface area contributed by atoms with Gasteiger partial charge in [-0.15, -0.1) is 0 Å². The van der Waals surface area contributed by atoms with Crippen LogP contribution in [0.25, 0.3) is 32.7 Å². The van der Waals surface area contributed by atoms with Gasteiger partial charge in [0.2, 0.25) is 0 Å². The van der Waals surface area contributed by atoms with E-state index in [1.807, 2.05) is 0 Å². The number of benzene rings is 3. The number of aromatic nitrogens is 2. The number of unbranched alkanes of at least 4 members (excludes halogenated alkanes) is 13. The number of para-hydroxylation sites is 3. The van der Waals surface area contributed by atoms with Crippen LogP contribution < -0.4 is 0 Å². The molecule has 0 radical (unpaired) electrons. The highest BCUT2D eigenvalue weighted by molar-refractivity contribution is 6.06. The van der Waals surface area contributed by atoms with Gasteiger partial charge in [-0.3, -0.25) is 0 Å². The van der Waals surface area contributed by atoms with Crippen LogP contribution in [0.15, 0.2) is 78.9 Å². The second-order valence-corrected chi connectivity index (χ2v) is 10.9. The minimum Gasteiger partial charge on any atom is -0.358 e. The van der Waals surface area contributed by atoms with Crippen LogP contribution in [-0.2, 0) is 6.42 Å². The molecule has 0 aliphatic heterocycles. The first kappa shape index (κ1) is 28.0. The zero-order valence-electron chi connectivity index (χ0n) is 23.6. The number of aromatic amines is 2. The molecule has 2 heterocycles. The summed E-state index contributed by atoms with van der Waals surface area (Å²) in [6.07, 6.45) is 21.2. The molecule has 0 fully saturated rings. The molecule has 0 aliphatic rings. The molecule has 2 nitrogen and oxygen atoms in total. The number of hydrogen-bond acceptors (Lipinski definition) is 0. The van der Waals surface area contributed by atoms with E-state index < -0.39 is 0 Å². The fraction of sp³-hybridized carbons (Fsp3) is 0.444. The van der Waals surface area contributed by atoms with Gasteiger partial charge in [0, 0.05) is 33.0 Å². The lowest BCUT2D eigenvalue weighted by molar-refractivity contribution is 0.535. The molecule has 3 aromatic carbocycles. The Balaban J connectivity index is 0.000000213. The summed E-state index contributed by atoms with van der Waals surface area (Å²) in [6, 6.07) is 27.7. The number of H-pyrrole nitrogens is 2. The predicted octanol–water partition coefficient (Wildman–Crippen LogP) is 11.5. The maximum Gasteiger partial charge on any atom is 0.0464 e. The molecule has 0 amide bonds. The van der Waals surface area contributed by atoms with Crippen LogP contribution in [-0.4, -0.2) is 9.97 Å². The highest BCUT2D eigenvalue weighted by atomic mass is 14.7. The van der Waals surface area contributed by atoms with Gasteiger partial charge in [-0.2, -0.15) is 0 Å². The van der Waals surface area contributed by atoms with Gasteiger partial charge in [-0.25, -0.2) is 0 Å². The molecule has 5 aromatic rings. The Morgan fingerprint density at radius 3 is 1.42 bits per heavy atom. The highest BCUT2D eigenvalue weighted by Crippen LogP contribution is 2.24. The zero-order valence-corrected chi connectivity index (χ0v) is 23.6. The first-order valence-corrected chi connectivity index (χ1v) is 15.4. The summed E-state index contributed by atoms with van der Waals surface area (Å²) in [4.78, 5) is 6.92. The number of fused-ring (bicyclic) bond motifs is 4. The Morgan fingerprint density at radius 1 is 0.447 bits per heavy atom. The van der Waals surface area contributed by atoms with Crippen molar-refractivity contribution in [2.24, 2.45) is 0 Å². The Morgan fingerprint density at radius 2 is 0.895 bits per heavy atom. The maximum absolute atomic E-state index is 3.54. The van der Waals surface area contributed by atoms with Gasteiger partial charge in [-0.1, -0.05) is 145 Å². The van der Waals surface area contributed by atoms with E-state index in [2.05, 4.69) is 95.8 Å². The van der Waals surface area contributed by atoms with Crippen molar-refractivity contribution < 1.29 is 0 Å². The van der Waals surface area contributed by atoms with Crippen molar-refractivity contribution in [3.8, 4) is 0 Å². The predicted molar refractivity (Wildman–Crippen MR) is 168 cm³/mol. The molecule has 5 rings (SSSR count). The maximum atomic E-state index is 3.54. The normalized spacial score (nSPS) is 11.3. The third-order valence-corrected chi connectivity index (χ3v) is 7.80. The molecule has 0 saturated carbocycles. The monoisotopic (exact) mass is 508 g/mol. The highest BCUT2D eigenvalue weighted by Gasteiger charge is 2.01. The van der Waals surface area contributed by atoms with Crippen molar-refractivity contribution in [1.29, 1.82) is 0 Å². The van der Waals surface area contributed by atoms with Gasteiger partial charge in [0.25, 0.3) is 0 Å². The molecule has 2 N–H and O–H groups in total. The van der Waals surface area contributed by atoms with Crippen LogP contribution in [0.4, 0.5) is 0 Å². The summed E-state index contributed by atoms with van der Waals surface area (Å²) in [7, 11) is 0. The molecule has 2 heteroatoms. The number of aryl methyl sites for hydroxylation is 1. The summed E-state index contributed by atoms with van der Waals surface area (Å²) in [5, 5.41) is 3.96. The third-order valence-electron chi connectivity index (χ3n) is 7.80. The summed E-state index contributed by atoms with van der Waals surface area (Å²) in [6.45, 7) is 2.29. The lowest BCUT2D eigenvalue weighted by atomic mass is 10.0. The summed E-state index contributed by atoms with van der Waals surface area (Å²) >= 11 is 0. The van der Waals surface area contributed by atoms with Crippen molar-refractivity contribution in [2.45, 2.75) is 103 Å². The van der Waals surface area contributed by atoms with E-state index in [0.29, 0.717) is 0 Å². The summed E-state index contributed by atoms with van der Waals surface area (Å²) in [5.74, 6) is 0. The minimum absolute atomic E-state index is 1.20. The molecule has 202 valence electrons. The second kappa shape index (κ2) is 16.1. The number of hydrogen-bond donors (Lipinski definition) is 2. The fourth-order valence-electron chi connectivity index (χ4n) is 5.58. The van der Waals surface area contributed by atoms with Crippen molar-refractivity contribution in [1.82, 2.24) is 9.97 Å². The minimum atomic E-state index is 1.20. The molecular formula is C36H48N2. The van der Waals surface area contributed by atoms with E-state index in [1.165, 1.54) is 135 Å². The molecule has 0 bridgehead atoms. The lowest BCUT2D eigenvalue weighted by Crippen LogP contribution is -1.86. The Labute approximate surface area is 230 Å². The van der Waals surface area contributed by atoms with Crippen LogP contribution >= 0.6 is 0 Å². The first-order chi connectivity index (χ1) is 18.8. The Hall–Kier alpha value is -3.00. The van der Waals surface area contributed by atoms with E-state index in [0.717, 1.165) is 0 Å². The van der Waals surface area contributed by atoms with Gasteiger partial charge in [0.15, 0.2) is 0 Å². The standard InChI is InChI=1S/C24H39N.C12H9N/c1-2-3-4-5-6-7-8-9-10-11-12-13-14-15-19-23-21-22-18-16-17-20-24(22)25-23;1-3-7-11-9(5-1)10-6-2-4-8-12(10)13-11/h16-18,20-21,25H,2-15,19H2,1H3;1-8,13H. The van der Waals surface area contributed by atoms with Crippen molar-refractivity contribution in [3.63, 3.8) is 0 Å². The van der Waals surface area contributed by atoms with Gasteiger partial charge in [0.05, 0.1) is 0 Å². The van der Waals surface area contributed by atoms with E-state index in [-0.39, 0.29) is 0 Å². The molecule has 0 saturated heterocycles. The van der Waals surface area contributed by atoms with Crippen molar-refractivity contribution in [3.05, 3.63) is 84.6 Å². The summed E-state index contributed by atoms with van der Waals surface area (Å²) in [5.41, 5.74) is 5.11. The molecule has 38 heavy (non-hydrogen) atoms. The SMILES string of the molecule is CCCCCCCCCCCCCCCCc1cc2ccccc2[nH]1.c1ccc2c(c1)[nH]c1ccccc12. The van der Waals surface area contributed by atoms with Gasteiger partial charge in [-0.05, 0) is 42.5 Å². The van der Waals surface area contributed by atoms with E-state index in [4.69, 9.17) is 0 Å². The topological polar surface area (TPSA) is 31.6 Å². The lowest BCUT2D eigenvalue weighted by Gasteiger charge is -2.03. The van der Waals surface area contributed by atoms with Crippen LogP contribution in [0.1, 0.15) is 103 Å². The zero-order chi connectivity index (χ0) is 26.3. The molecule has 0 spiro atoms. The van der Waals surface area contributed by atoms with Crippen LogP contribution in [0.5, 0.6) is 0 Å². The molecule has 0 unspecified atom stereocenters. The quantitative estimate of drug-likeness (QED) is 0.132. The van der Waals surface area contributed by atoms with E-state index >= 15 is 0 Å². The van der Waals surface area contributed by atoms with Crippen molar-refractivity contribution >= 4 is 32.7 Å².